The number of benzene rings is 2. The Bertz CT molecular complexity index is 1110. The quantitative estimate of drug-likeness (QED) is 0.459. The minimum absolute atomic E-state index is 0.221. The van der Waals surface area contributed by atoms with Gasteiger partial charge in [-0.1, -0.05) is 30.8 Å². The maximum absolute atomic E-state index is 9.75. The number of thiophene rings is 1. The van der Waals surface area contributed by atoms with E-state index in [2.05, 4.69) is 64.1 Å². The summed E-state index contributed by atoms with van der Waals surface area (Å²) in [5.41, 5.74) is 4.99. The van der Waals surface area contributed by atoms with Gasteiger partial charge in [0.2, 0.25) is 0 Å². The van der Waals surface area contributed by atoms with Gasteiger partial charge in [0.15, 0.2) is 0 Å². The van der Waals surface area contributed by atoms with Crippen LogP contribution >= 0.6 is 11.3 Å². The summed E-state index contributed by atoms with van der Waals surface area (Å²) in [5, 5.41) is 13.1. The highest BCUT2D eigenvalue weighted by Gasteiger charge is 2.16. The number of piperazine rings is 1. The highest BCUT2D eigenvalue weighted by Crippen LogP contribution is 2.40. The zero-order chi connectivity index (χ0) is 22.5. The number of hydrogen-bond acceptors (Lipinski definition) is 6. The first kappa shape index (κ1) is 22.3. The van der Waals surface area contributed by atoms with Crippen LogP contribution in [0.25, 0.3) is 16.1 Å². The summed E-state index contributed by atoms with van der Waals surface area (Å²) in [6.45, 7) is 11.6. The molecule has 0 saturated carbocycles. The Labute approximate surface area is 194 Å². The number of hydrogen-bond donors (Lipinski definition) is 2. The number of rotatable bonds is 7. The molecular weight excluding hydrogens is 416 g/mol. The molecule has 1 aliphatic rings. The number of phenolic OH excluding ortho intramolecular Hbond substituents is 1. The SMILES string of the molecule is C=C(Nc1cccc(O)c1)c1sc(-c2cccc(CN3CCN(C)CC3)c2)cc1/N=C\C. The van der Waals surface area contributed by atoms with Gasteiger partial charge in [-0.15, -0.1) is 11.3 Å². The Balaban J connectivity index is 1.56. The van der Waals surface area contributed by atoms with Crippen LogP contribution in [0.3, 0.4) is 0 Å². The van der Waals surface area contributed by atoms with Crippen LogP contribution in [0.4, 0.5) is 11.4 Å². The Morgan fingerprint density at radius 3 is 2.66 bits per heavy atom. The Morgan fingerprint density at radius 2 is 1.91 bits per heavy atom. The van der Waals surface area contributed by atoms with E-state index in [4.69, 9.17) is 0 Å². The number of nitrogens with zero attached hydrogens (tertiary/aromatic N) is 3. The van der Waals surface area contributed by atoms with Crippen LogP contribution in [0, 0.1) is 0 Å². The number of phenols is 1. The summed E-state index contributed by atoms with van der Waals surface area (Å²) in [7, 11) is 2.19. The summed E-state index contributed by atoms with van der Waals surface area (Å²) < 4.78 is 0. The maximum Gasteiger partial charge on any atom is 0.117 e. The number of aromatic hydroxyl groups is 1. The highest BCUT2D eigenvalue weighted by molar-refractivity contribution is 7.17. The van der Waals surface area contributed by atoms with E-state index in [1.165, 1.54) is 16.0 Å². The average molecular weight is 447 g/mol. The second-order valence-electron chi connectivity index (χ2n) is 8.15. The van der Waals surface area contributed by atoms with Gasteiger partial charge in [0.05, 0.1) is 16.3 Å². The third-order valence-corrected chi connectivity index (χ3v) is 6.84. The van der Waals surface area contributed by atoms with Crippen LogP contribution in [0.15, 0.2) is 66.2 Å². The van der Waals surface area contributed by atoms with Crippen LogP contribution in [-0.4, -0.2) is 54.3 Å². The van der Waals surface area contributed by atoms with Gasteiger partial charge in [-0.3, -0.25) is 9.89 Å². The van der Waals surface area contributed by atoms with Crippen LogP contribution in [0.5, 0.6) is 5.75 Å². The van der Waals surface area contributed by atoms with Crippen molar-refractivity contribution in [1.82, 2.24) is 9.80 Å². The Kier molecular flexibility index (Phi) is 7.05. The Hall–Kier alpha value is -2.93. The second-order valence-corrected chi connectivity index (χ2v) is 9.20. The lowest BCUT2D eigenvalue weighted by Gasteiger charge is -2.32. The standard InChI is InChI=1S/C26H30N4OS/c1-4-27-24-17-25(32-26(24)19(2)28-22-9-6-10-23(31)16-22)21-8-5-7-20(15-21)18-30-13-11-29(3)12-14-30/h4-10,15-17,28,31H,2,11-14,18H2,1,3H3/b27-4-. The fourth-order valence-corrected chi connectivity index (χ4v) is 4.90. The predicted molar refractivity (Wildman–Crippen MR) is 137 cm³/mol. The summed E-state index contributed by atoms with van der Waals surface area (Å²) in [6.07, 6.45) is 1.81. The molecule has 0 amide bonds. The van der Waals surface area contributed by atoms with E-state index in [0.29, 0.717) is 0 Å². The first-order valence-corrected chi connectivity index (χ1v) is 11.7. The largest absolute Gasteiger partial charge is 0.508 e. The molecule has 0 unspecified atom stereocenters. The summed E-state index contributed by atoms with van der Waals surface area (Å²) in [6, 6.07) is 18.0. The van der Waals surface area contributed by atoms with E-state index >= 15 is 0 Å². The van der Waals surface area contributed by atoms with Gasteiger partial charge < -0.3 is 15.3 Å². The minimum atomic E-state index is 0.221. The summed E-state index contributed by atoms with van der Waals surface area (Å²) >= 11 is 1.68. The molecule has 0 bridgehead atoms. The zero-order valence-corrected chi connectivity index (χ0v) is 19.5. The molecule has 6 heteroatoms. The van der Waals surface area contributed by atoms with Crippen molar-refractivity contribution in [3.05, 3.63) is 71.6 Å². The number of likely N-dealkylation sites (N-methyl/N-ethyl adjacent to an activating group) is 1. The molecule has 2 N–H and O–H groups in total. The molecule has 1 aromatic heterocycles. The van der Waals surface area contributed by atoms with Crippen molar-refractivity contribution in [3.63, 3.8) is 0 Å². The van der Waals surface area contributed by atoms with Crippen molar-refractivity contribution in [2.75, 3.05) is 38.5 Å². The lowest BCUT2D eigenvalue weighted by Crippen LogP contribution is -2.43. The molecule has 2 aromatic carbocycles. The molecule has 3 aromatic rings. The molecule has 5 nitrogen and oxygen atoms in total. The van der Waals surface area contributed by atoms with Crippen LogP contribution < -0.4 is 5.32 Å². The van der Waals surface area contributed by atoms with Crippen molar-refractivity contribution in [2.45, 2.75) is 13.5 Å². The van der Waals surface area contributed by atoms with Crippen LogP contribution in [-0.2, 0) is 6.54 Å². The lowest BCUT2D eigenvalue weighted by molar-refractivity contribution is 0.148. The third-order valence-electron chi connectivity index (χ3n) is 5.61. The van der Waals surface area contributed by atoms with E-state index in [0.717, 1.165) is 54.7 Å². The van der Waals surface area contributed by atoms with Gasteiger partial charge >= 0.3 is 0 Å². The van der Waals surface area contributed by atoms with Crippen molar-refractivity contribution in [2.24, 2.45) is 4.99 Å². The molecule has 1 aliphatic heterocycles. The summed E-state index contributed by atoms with van der Waals surface area (Å²) in [5.74, 6) is 0.221. The van der Waals surface area contributed by atoms with Gasteiger partial charge in [-0.2, -0.15) is 0 Å². The van der Waals surface area contributed by atoms with Gasteiger partial charge in [-0.25, -0.2) is 0 Å². The Morgan fingerprint density at radius 1 is 1.12 bits per heavy atom. The molecule has 0 spiro atoms. The van der Waals surface area contributed by atoms with Gasteiger partial charge in [0, 0.05) is 55.6 Å². The van der Waals surface area contributed by atoms with Crippen molar-refractivity contribution in [1.29, 1.82) is 0 Å². The number of aliphatic imine (C=N–C) groups is 1. The van der Waals surface area contributed by atoms with Crippen LogP contribution in [0.1, 0.15) is 17.4 Å². The smallest absolute Gasteiger partial charge is 0.117 e. The molecule has 0 atom stereocenters. The lowest BCUT2D eigenvalue weighted by atomic mass is 10.1. The highest BCUT2D eigenvalue weighted by atomic mass is 32.1. The van der Waals surface area contributed by atoms with Crippen LogP contribution in [0.2, 0.25) is 0 Å². The molecule has 2 heterocycles. The summed E-state index contributed by atoms with van der Waals surface area (Å²) in [4.78, 5) is 11.6. The topological polar surface area (TPSA) is 51.1 Å². The van der Waals surface area contributed by atoms with E-state index < -0.39 is 0 Å². The second kappa shape index (κ2) is 10.1. The molecule has 166 valence electrons. The molecule has 0 radical (unpaired) electrons. The van der Waals surface area contributed by atoms with Crippen molar-refractivity contribution >= 4 is 34.6 Å². The van der Waals surface area contributed by atoms with Gasteiger partial charge in [-0.05, 0) is 49.4 Å². The van der Waals surface area contributed by atoms with E-state index in [1.54, 1.807) is 29.7 Å². The fourth-order valence-electron chi connectivity index (χ4n) is 3.88. The fraction of sp³-hybridized carbons (Fsp3) is 0.269. The predicted octanol–water partition coefficient (Wildman–Crippen LogP) is 5.67. The van der Waals surface area contributed by atoms with Gasteiger partial charge in [0.25, 0.3) is 0 Å². The molecule has 1 fully saturated rings. The number of nitrogens with one attached hydrogen (secondary N) is 1. The molecule has 32 heavy (non-hydrogen) atoms. The van der Waals surface area contributed by atoms with E-state index in [-0.39, 0.29) is 5.75 Å². The monoisotopic (exact) mass is 446 g/mol. The average Bonchev–Trinajstić information content (AvgIpc) is 3.20. The number of anilines is 1. The first-order chi connectivity index (χ1) is 15.5. The third kappa shape index (κ3) is 5.46. The molecular formula is C26H30N4OS. The first-order valence-electron chi connectivity index (χ1n) is 10.9. The molecule has 0 aliphatic carbocycles. The maximum atomic E-state index is 9.75. The zero-order valence-electron chi connectivity index (χ0n) is 18.7. The van der Waals surface area contributed by atoms with Crippen molar-refractivity contribution < 1.29 is 5.11 Å². The normalized spacial score (nSPS) is 15.3. The van der Waals surface area contributed by atoms with E-state index in [9.17, 15) is 5.11 Å². The molecule has 1 saturated heterocycles. The van der Waals surface area contributed by atoms with Gasteiger partial charge in [0.1, 0.15) is 5.75 Å². The molecule has 4 rings (SSSR count). The van der Waals surface area contributed by atoms with Crippen molar-refractivity contribution in [3.8, 4) is 16.2 Å². The minimum Gasteiger partial charge on any atom is -0.508 e. The van der Waals surface area contributed by atoms with E-state index in [1.807, 2.05) is 19.1 Å².